The molecule has 0 fully saturated rings. The van der Waals surface area contributed by atoms with E-state index in [9.17, 15) is 12.8 Å². The van der Waals surface area contributed by atoms with Crippen molar-refractivity contribution in [2.45, 2.75) is 18.0 Å². The molecule has 1 aliphatic rings. The van der Waals surface area contributed by atoms with E-state index in [0.29, 0.717) is 15.8 Å². The van der Waals surface area contributed by atoms with Gasteiger partial charge in [-0.1, -0.05) is 6.07 Å². The van der Waals surface area contributed by atoms with Gasteiger partial charge in [-0.2, -0.15) is 0 Å². The zero-order chi connectivity index (χ0) is 15.0. The molecule has 21 heavy (non-hydrogen) atoms. The third kappa shape index (κ3) is 3.04. The van der Waals surface area contributed by atoms with Gasteiger partial charge in [-0.3, -0.25) is 4.72 Å². The molecule has 0 atom stereocenters. The number of halogens is 2. The third-order valence-corrected chi connectivity index (χ3v) is 5.55. The molecule has 3 rings (SSSR count). The quantitative estimate of drug-likeness (QED) is 0.754. The largest absolute Gasteiger partial charge is 0.309 e. The Morgan fingerprint density at radius 2 is 1.86 bits per heavy atom. The van der Waals surface area contributed by atoms with Crippen LogP contribution in [0.15, 0.2) is 41.3 Å². The molecule has 1 heterocycles. The van der Waals surface area contributed by atoms with Crippen LogP contribution in [0.4, 0.5) is 10.1 Å². The van der Waals surface area contributed by atoms with Gasteiger partial charge < -0.3 is 5.32 Å². The summed E-state index contributed by atoms with van der Waals surface area (Å²) in [7, 11) is -3.68. The Hall–Kier alpha value is -1.19. The van der Waals surface area contributed by atoms with Crippen LogP contribution in [0.25, 0.3) is 0 Å². The van der Waals surface area contributed by atoms with Crippen LogP contribution >= 0.6 is 22.6 Å². The van der Waals surface area contributed by atoms with Crippen molar-refractivity contribution in [3.63, 3.8) is 0 Å². The topological polar surface area (TPSA) is 58.2 Å². The fourth-order valence-electron chi connectivity index (χ4n) is 2.21. The number of nitrogens with one attached hydrogen (secondary N) is 2. The summed E-state index contributed by atoms with van der Waals surface area (Å²) in [4.78, 5) is 0.213. The molecule has 0 radical (unpaired) electrons. The number of anilines is 1. The Bertz CT molecular complexity index is 809. The molecule has 0 aliphatic carbocycles. The van der Waals surface area contributed by atoms with Crippen molar-refractivity contribution in [2.24, 2.45) is 0 Å². The lowest BCUT2D eigenvalue weighted by Crippen LogP contribution is -2.14. The van der Waals surface area contributed by atoms with Crippen LogP contribution in [-0.4, -0.2) is 8.42 Å². The zero-order valence-corrected chi connectivity index (χ0v) is 13.8. The van der Waals surface area contributed by atoms with Gasteiger partial charge in [-0.25, -0.2) is 12.8 Å². The minimum absolute atomic E-state index is 0.213. The summed E-state index contributed by atoms with van der Waals surface area (Å²) in [5, 5.41) is 3.17. The maximum atomic E-state index is 13.1. The Balaban J connectivity index is 1.93. The summed E-state index contributed by atoms with van der Waals surface area (Å²) < 4.78 is 40.9. The average Bonchev–Trinajstić information content (AvgIpc) is 2.89. The van der Waals surface area contributed by atoms with E-state index in [4.69, 9.17) is 0 Å². The van der Waals surface area contributed by atoms with E-state index in [2.05, 4.69) is 10.0 Å². The van der Waals surface area contributed by atoms with Gasteiger partial charge in [-0.15, -0.1) is 0 Å². The van der Waals surface area contributed by atoms with Gasteiger partial charge in [0.1, 0.15) is 5.82 Å². The predicted octanol–water partition coefficient (Wildman–Crippen LogP) is 2.83. The highest BCUT2D eigenvalue weighted by atomic mass is 127. The van der Waals surface area contributed by atoms with Gasteiger partial charge >= 0.3 is 0 Å². The fourth-order valence-corrected chi connectivity index (χ4v) is 4.14. The predicted molar refractivity (Wildman–Crippen MR) is 86.9 cm³/mol. The first kappa shape index (κ1) is 14.7. The highest BCUT2D eigenvalue weighted by Gasteiger charge is 2.19. The van der Waals surface area contributed by atoms with E-state index < -0.39 is 15.8 Å². The van der Waals surface area contributed by atoms with Crippen LogP contribution in [0.2, 0.25) is 0 Å². The summed E-state index contributed by atoms with van der Waals surface area (Å²) in [6.45, 7) is 1.44. The van der Waals surface area contributed by atoms with Crippen LogP contribution in [-0.2, 0) is 23.1 Å². The summed E-state index contributed by atoms with van der Waals surface area (Å²) in [5.74, 6) is -0.397. The third-order valence-electron chi connectivity index (χ3n) is 3.29. The first-order chi connectivity index (χ1) is 9.95. The lowest BCUT2D eigenvalue weighted by molar-refractivity contribution is 0.600. The van der Waals surface area contributed by atoms with Gasteiger partial charge in [0.15, 0.2) is 0 Å². The van der Waals surface area contributed by atoms with Gasteiger partial charge in [-0.05, 0) is 64.0 Å². The highest BCUT2D eigenvalue weighted by Crippen LogP contribution is 2.25. The van der Waals surface area contributed by atoms with Crippen molar-refractivity contribution >= 4 is 38.3 Å². The Labute approximate surface area is 136 Å². The monoisotopic (exact) mass is 418 g/mol. The second kappa shape index (κ2) is 5.54. The standard InChI is InChI=1S/C14H12FIN2O2S/c15-11-2-4-14(13(16)6-11)18-21(19,20)12-3-1-9-7-17-8-10(9)5-12/h1-6,17-18H,7-8H2. The number of hydrogen-bond acceptors (Lipinski definition) is 3. The smallest absolute Gasteiger partial charge is 0.261 e. The van der Waals surface area contributed by atoms with E-state index in [1.165, 1.54) is 18.2 Å². The van der Waals surface area contributed by atoms with Crippen molar-refractivity contribution in [3.8, 4) is 0 Å². The molecule has 0 saturated heterocycles. The van der Waals surface area contributed by atoms with Crippen molar-refractivity contribution in [2.75, 3.05) is 4.72 Å². The van der Waals surface area contributed by atoms with Crippen LogP contribution in [0.5, 0.6) is 0 Å². The van der Waals surface area contributed by atoms with Crippen molar-refractivity contribution in [1.29, 1.82) is 0 Å². The van der Waals surface area contributed by atoms with Gasteiger partial charge in [0.25, 0.3) is 10.0 Å². The summed E-state index contributed by atoms with van der Waals surface area (Å²) >= 11 is 1.90. The fraction of sp³-hybridized carbons (Fsp3) is 0.143. The molecule has 1 aliphatic heterocycles. The van der Waals surface area contributed by atoms with E-state index in [1.807, 2.05) is 28.7 Å². The average molecular weight is 418 g/mol. The number of rotatable bonds is 3. The second-order valence-corrected chi connectivity index (χ2v) is 7.61. The Kier molecular flexibility index (Phi) is 3.89. The minimum atomic E-state index is -3.68. The maximum absolute atomic E-state index is 13.1. The molecule has 0 aromatic heterocycles. The maximum Gasteiger partial charge on any atom is 0.261 e. The molecule has 7 heteroatoms. The number of benzene rings is 2. The van der Waals surface area contributed by atoms with Crippen LogP contribution in [0.3, 0.4) is 0 Å². The molecule has 2 aromatic rings. The molecular weight excluding hydrogens is 406 g/mol. The van der Waals surface area contributed by atoms with Crippen LogP contribution < -0.4 is 10.0 Å². The van der Waals surface area contributed by atoms with Gasteiger partial charge in [0, 0.05) is 16.7 Å². The summed E-state index contributed by atoms with van der Waals surface area (Å²) in [6, 6.07) is 9.01. The molecule has 2 N–H and O–H groups in total. The van der Waals surface area contributed by atoms with Crippen molar-refractivity contribution in [3.05, 3.63) is 56.9 Å². The molecule has 110 valence electrons. The first-order valence-corrected chi connectivity index (χ1v) is 8.82. The lowest BCUT2D eigenvalue weighted by Gasteiger charge is -2.11. The molecule has 2 aromatic carbocycles. The van der Waals surface area contributed by atoms with E-state index >= 15 is 0 Å². The second-order valence-electron chi connectivity index (χ2n) is 4.76. The highest BCUT2D eigenvalue weighted by molar-refractivity contribution is 14.1. The SMILES string of the molecule is O=S(=O)(Nc1ccc(F)cc1I)c1ccc2c(c1)CNC2. The summed E-state index contributed by atoms with van der Waals surface area (Å²) in [6.07, 6.45) is 0. The molecule has 0 amide bonds. The molecule has 0 saturated carbocycles. The number of fused-ring (bicyclic) bond motifs is 1. The molecule has 0 unspecified atom stereocenters. The molecule has 4 nitrogen and oxygen atoms in total. The summed E-state index contributed by atoms with van der Waals surface area (Å²) in [5.41, 5.74) is 2.48. The normalized spacial score (nSPS) is 14.0. The molecule has 0 spiro atoms. The lowest BCUT2D eigenvalue weighted by atomic mass is 10.1. The van der Waals surface area contributed by atoms with E-state index in [-0.39, 0.29) is 4.90 Å². The van der Waals surface area contributed by atoms with Crippen LogP contribution in [0.1, 0.15) is 11.1 Å². The van der Waals surface area contributed by atoms with E-state index in [1.54, 1.807) is 12.1 Å². The molecule has 0 bridgehead atoms. The number of hydrogen-bond donors (Lipinski definition) is 2. The minimum Gasteiger partial charge on any atom is -0.309 e. The van der Waals surface area contributed by atoms with Crippen molar-refractivity contribution < 1.29 is 12.8 Å². The van der Waals surface area contributed by atoms with Crippen LogP contribution in [0, 0.1) is 9.39 Å². The first-order valence-electron chi connectivity index (χ1n) is 6.26. The Morgan fingerprint density at radius 1 is 1.10 bits per heavy atom. The van der Waals surface area contributed by atoms with Crippen molar-refractivity contribution in [1.82, 2.24) is 5.32 Å². The molecular formula is C14H12FIN2O2S. The zero-order valence-electron chi connectivity index (χ0n) is 10.9. The van der Waals surface area contributed by atoms with Gasteiger partial charge in [0.05, 0.1) is 10.6 Å². The Morgan fingerprint density at radius 3 is 2.62 bits per heavy atom. The number of sulfonamides is 1. The van der Waals surface area contributed by atoms with E-state index in [0.717, 1.165) is 17.7 Å². The van der Waals surface area contributed by atoms with Gasteiger partial charge in [0.2, 0.25) is 0 Å².